The molecule has 4 aliphatic carbocycles. The van der Waals surface area contributed by atoms with Crippen molar-refractivity contribution >= 4 is 29.8 Å². The number of carbonyl (C=O) groups excluding carboxylic acids is 3. The molecule has 4 saturated carbocycles. The number of esters is 3. The van der Waals surface area contributed by atoms with Crippen LogP contribution >= 0.6 is 0 Å². The first-order chi connectivity index (χ1) is 45.9. The second kappa shape index (κ2) is 33.7. The van der Waals surface area contributed by atoms with Gasteiger partial charge in [0.2, 0.25) is 0 Å². The molecular weight excluding hydrogens is 1310 g/mol. The summed E-state index contributed by atoms with van der Waals surface area (Å²) in [6.07, 6.45) is -52.2. The van der Waals surface area contributed by atoms with Crippen molar-refractivity contribution in [1.29, 1.82) is 0 Å². The zero-order chi connectivity index (χ0) is 70.6. The lowest BCUT2D eigenvalue weighted by molar-refractivity contribution is -0.389. The van der Waals surface area contributed by atoms with E-state index >= 15 is 0 Å². The van der Waals surface area contributed by atoms with Gasteiger partial charge in [0.05, 0.1) is 61.4 Å². The first-order valence-electron chi connectivity index (χ1n) is 32.4. The molecule has 5 saturated heterocycles. The summed E-state index contributed by atoms with van der Waals surface area (Å²) in [6, 6.07) is 0. The monoisotopic (exact) mass is 1400 g/mol. The van der Waals surface area contributed by atoms with E-state index in [0.29, 0.717) is 19.3 Å². The summed E-state index contributed by atoms with van der Waals surface area (Å²) in [5.41, 5.74) is 0. The van der Waals surface area contributed by atoms with Crippen molar-refractivity contribution in [1.82, 2.24) is 0 Å². The fraction of sp³-hybridized carbons (Fsp3) is 0.850. The fourth-order valence-corrected chi connectivity index (χ4v) is 14.2. The number of allylic oxidation sites excluding steroid dienone is 2. The van der Waals surface area contributed by atoms with E-state index in [9.17, 15) is 126 Å². The number of fused-ring (bicyclic) bond motifs is 1. The van der Waals surface area contributed by atoms with Crippen molar-refractivity contribution in [3.8, 4) is 0 Å². The Morgan fingerprint density at radius 2 is 0.979 bits per heavy atom. The Labute approximate surface area is 552 Å². The number of carbonyl (C=O) groups is 5. The molecule has 0 aromatic rings. The van der Waals surface area contributed by atoms with Gasteiger partial charge in [0.25, 0.3) is 0 Å². The standard InChI is InChI=1S/C60H90O37/c61-17-34-42(74)47(79)54(95-39(71)8-4-21-2-6-26(63)29(66)10-21)60(92-34)97-55-48(80)44(76)36(19-87-40(72)16-37(68)69)94-59(55)91-33-15-24-27(64)13-23(88-57-50(82)45(77)43(75)35(93-57)18-86-38(70)7-3-20-1-5-25(62)28(65)9-20)14-31(24)89-52(33)22-11-30(67)41(73)32(12-22)90-58-51(83)46(78)49(81)53(96-58)56(84)85/h3-4,7-8,20-36,41-55,57-67,73-83H,1-2,5-6,9-19H2,(H,68,69)(H,84,85)/p+1. The number of hydrogen-bond acceptors (Lipinski definition) is 34. The molecule has 552 valence electrons. The van der Waals surface area contributed by atoms with Gasteiger partial charge in [0.1, 0.15) is 117 Å². The van der Waals surface area contributed by atoms with Gasteiger partial charge in [0.15, 0.2) is 49.6 Å². The van der Waals surface area contributed by atoms with E-state index in [1.165, 1.54) is 12.2 Å². The van der Waals surface area contributed by atoms with Crippen molar-refractivity contribution in [3.63, 3.8) is 0 Å². The van der Waals surface area contributed by atoms with Crippen molar-refractivity contribution in [3.05, 3.63) is 24.3 Å². The summed E-state index contributed by atoms with van der Waals surface area (Å²) in [4.78, 5) is 62.4. The van der Waals surface area contributed by atoms with Gasteiger partial charge in [-0.1, -0.05) is 12.2 Å². The van der Waals surface area contributed by atoms with Gasteiger partial charge >= 0.3 is 29.8 Å². The van der Waals surface area contributed by atoms with Gasteiger partial charge in [-0.3, -0.25) is 9.59 Å². The maximum atomic E-state index is 13.5. The molecule has 0 bridgehead atoms. The molecule has 0 radical (unpaired) electrons. The van der Waals surface area contributed by atoms with Crippen LogP contribution in [0.1, 0.15) is 77.0 Å². The highest BCUT2D eigenvalue weighted by Crippen LogP contribution is 2.45. The molecule has 97 heavy (non-hydrogen) atoms. The second-order valence-electron chi connectivity index (χ2n) is 26.5. The Bertz CT molecular complexity index is 2670. The van der Waals surface area contributed by atoms with Gasteiger partial charge < -0.3 is 159 Å². The predicted octanol–water partition coefficient (Wildman–Crippen LogP) is -9.69. The molecule has 9 fully saturated rings. The number of carboxylic acids is 2. The van der Waals surface area contributed by atoms with Crippen LogP contribution in [-0.2, 0) is 76.1 Å². The number of hydrogen-bond donors (Lipinski definition) is 20. The number of ether oxygens (including phenoxy) is 12. The first-order valence-corrected chi connectivity index (χ1v) is 32.4. The predicted molar refractivity (Wildman–Crippen MR) is 308 cm³/mol. The Hall–Kier alpha value is -4.25. The van der Waals surface area contributed by atoms with Crippen LogP contribution in [0, 0.1) is 23.7 Å². The molecule has 37 heteroatoms. The van der Waals surface area contributed by atoms with E-state index in [1.807, 2.05) is 0 Å². The third-order valence-electron chi connectivity index (χ3n) is 19.8. The largest absolute Gasteiger partial charge is 0.481 e. The number of rotatable bonds is 22. The number of aliphatic carboxylic acids is 2. The van der Waals surface area contributed by atoms with Crippen LogP contribution in [0.25, 0.3) is 0 Å². The minimum Gasteiger partial charge on any atom is -0.481 e. The molecule has 9 rings (SSSR count). The highest BCUT2D eigenvalue weighted by Gasteiger charge is 2.60. The Morgan fingerprint density at radius 1 is 0.443 bits per heavy atom. The lowest BCUT2D eigenvalue weighted by Crippen LogP contribution is -2.66. The van der Waals surface area contributed by atoms with Crippen molar-refractivity contribution in [2.45, 2.75) is 273 Å². The Balaban J connectivity index is 0.995. The normalized spacial score (nSPS) is 47.6. The van der Waals surface area contributed by atoms with Gasteiger partial charge in [-0.2, -0.15) is 0 Å². The summed E-state index contributed by atoms with van der Waals surface area (Å²) in [6.45, 7) is -2.66. The van der Waals surface area contributed by atoms with Crippen molar-refractivity contribution < 1.29 is 183 Å². The zero-order valence-electron chi connectivity index (χ0n) is 52.1. The minimum atomic E-state index is -2.27. The summed E-state index contributed by atoms with van der Waals surface area (Å²) >= 11 is 0. The quantitative estimate of drug-likeness (QED) is 0.0157. The molecule has 0 aromatic carbocycles. The fourth-order valence-electron chi connectivity index (χ4n) is 14.2. The molecule has 0 spiro atoms. The van der Waals surface area contributed by atoms with Crippen molar-refractivity contribution in [2.24, 2.45) is 23.7 Å². The van der Waals surface area contributed by atoms with Crippen LogP contribution in [0.15, 0.2) is 24.3 Å². The summed E-state index contributed by atoms with van der Waals surface area (Å²) in [5.74, 6) is -9.57. The lowest BCUT2D eigenvalue weighted by atomic mass is 9.72. The SMILES string of the molecule is O=C(O)CC(=O)OCC1OC(OC2CC3C(O)CC(OC4OC(COC(=O)C=CC5CCC(O)C(O)C5)C(O)C(O)C4O)CC3[OH+]C2C2CC(O)C(O)C(OC3OC(C(=O)O)C(O)C(O)C3O)C2)C(OC2OC(CO)C(O)C(O)C2OC(=O)C=CC2CCC(O)C(O)C2)C(O)C1O. The van der Waals surface area contributed by atoms with Gasteiger partial charge in [-0.15, -0.1) is 0 Å². The van der Waals surface area contributed by atoms with E-state index in [1.54, 1.807) is 0 Å². The van der Waals surface area contributed by atoms with E-state index in [-0.39, 0.29) is 44.4 Å². The Morgan fingerprint density at radius 3 is 1.59 bits per heavy atom. The molecule has 36 unspecified atom stereocenters. The van der Waals surface area contributed by atoms with E-state index in [2.05, 4.69) is 0 Å². The van der Waals surface area contributed by atoms with Crippen LogP contribution in [0.5, 0.6) is 0 Å². The molecule has 0 aromatic heterocycles. The van der Waals surface area contributed by atoms with Crippen LogP contribution < -0.4 is 0 Å². The summed E-state index contributed by atoms with van der Waals surface area (Å²) in [5, 5.41) is 216. The van der Waals surface area contributed by atoms with Crippen LogP contribution in [0.4, 0.5) is 0 Å². The summed E-state index contributed by atoms with van der Waals surface area (Å²) in [7, 11) is 0. The van der Waals surface area contributed by atoms with Gasteiger partial charge in [0, 0.05) is 30.9 Å². The van der Waals surface area contributed by atoms with Crippen LogP contribution in [0.3, 0.4) is 0 Å². The molecule has 21 N–H and O–H groups in total. The molecular formula is C60H91O37+. The molecule has 5 heterocycles. The maximum absolute atomic E-state index is 13.5. The van der Waals surface area contributed by atoms with Crippen LogP contribution in [0.2, 0.25) is 0 Å². The third-order valence-corrected chi connectivity index (χ3v) is 19.8. The van der Waals surface area contributed by atoms with E-state index in [4.69, 9.17) is 56.8 Å². The number of aliphatic hydroxyl groups is 20. The third kappa shape index (κ3) is 18.5. The topological polar surface area (TPSA) is 604 Å². The molecule has 0 amide bonds. The van der Waals surface area contributed by atoms with Crippen molar-refractivity contribution in [2.75, 3.05) is 19.8 Å². The van der Waals surface area contributed by atoms with Crippen LogP contribution in [-0.4, -0.2) is 353 Å². The number of carboxylic acid groups (broad SMARTS) is 2. The Kier molecular flexibility index (Phi) is 26.7. The molecule has 37 nitrogen and oxygen atoms in total. The minimum absolute atomic E-state index is 0.0601. The smallest absolute Gasteiger partial charge is 0.335 e. The van der Waals surface area contributed by atoms with E-state index in [0.717, 1.165) is 12.2 Å². The highest BCUT2D eigenvalue weighted by molar-refractivity contribution is 5.90. The van der Waals surface area contributed by atoms with Gasteiger partial charge in [-0.05, 0) is 69.6 Å². The summed E-state index contributed by atoms with van der Waals surface area (Å²) < 4.78 is 69.3. The first kappa shape index (κ1) is 76.9. The lowest BCUT2D eigenvalue weighted by Gasteiger charge is -2.51. The zero-order valence-corrected chi connectivity index (χ0v) is 52.1. The molecule has 36 atom stereocenters. The molecule has 5 aliphatic heterocycles. The second-order valence-corrected chi connectivity index (χ2v) is 26.5. The highest BCUT2D eigenvalue weighted by atomic mass is 16.8. The average Bonchev–Trinajstić information content (AvgIpc) is 0.766. The number of aliphatic hydroxyl groups excluding tert-OH is 18. The average molecular weight is 1400 g/mol. The van der Waals surface area contributed by atoms with Gasteiger partial charge in [-0.25, -0.2) is 14.4 Å². The van der Waals surface area contributed by atoms with E-state index < -0.39 is 283 Å². The maximum Gasteiger partial charge on any atom is 0.335 e. The molecule has 9 aliphatic rings.